The lowest BCUT2D eigenvalue weighted by Gasteiger charge is -2.27. The van der Waals surface area contributed by atoms with E-state index >= 15 is 0 Å². The fourth-order valence-electron chi connectivity index (χ4n) is 2.23. The van der Waals surface area contributed by atoms with Gasteiger partial charge in [-0.3, -0.25) is 9.59 Å². The third-order valence-corrected chi connectivity index (χ3v) is 2.87. The minimum atomic E-state index is -0.757. The van der Waals surface area contributed by atoms with E-state index in [4.69, 9.17) is 10.2 Å². The van der Waals surface area contributed by atoms with Crippen molar-refractivity contribution in [2.24, 2.45) is 5.41 Å². The zero-order valence-corrected chi connectivity index (χ0v) is 12.2. The first-order valence-electron chi connectivity index (χ1n) is 6.79. The Morgan fingerprint density at radius 1 is 1.26 bits per heavy atom. The van der Waals surface area contributed by atoms with Gasteiger partial charge in [0.2, 0.25) is 0 Å². The molecule has 0 aromatic carbocycles. The number of aliphatic hydroxyl groups excluding tert-OH is 1. The van der Waals surface area contributed by atoms with Crippen molar-refractivity contribution >= 4 is 11.8 Å². The van der Waals surface area contributed by atoms with Crippen LogP contribution in [0.5, 0.6) is 0 Å². The van der Waals surface area contributed by atoms with Gasteiger partial charge in [-0.1, -0.05) is 25.8 Å². The summed E-state index contributed by atoms with van der Waals surface area (Å²) in [6.45, 7) is 6.47. The highest BCUT2D eigenvalue weighted by Gasteiger charge is 2.25. The highest BCUT2D eigenvalue weighted by atomic mass is 16.4. The Hall–Kier alpha value is -1.16. The summed E-state index contributed by atoms with van der Waals surface area (Å²) in [7, 11) is 0. The van der Waals surface area contributed by atoms with Crippen molar-refractivity contribution in [3.05, 3.63) is 11.6 Å². The fourth-order valence-corrected chi connectivity index (χ4v) is 2.23. The Kier molecular flexibility index (Phi) is 8.32. The number of hydrogen-bond acceptors (Lipinski definition) is 3. The molecule has 0 fully saturated rings. The molecular formula is C15H26O4. The summed E-state index contributed by atoms with van der Waals surface area (Å²) in [4.78, 5) is 20.9. The van der Waals surface area contributed by atoms with Gasteiger partial charge in [0, 0.05) is 19.4 Å². The summed E-state index contributed by atoms with van der Waals surface area (Å²) in [5.41, 5.74) is 1.43. The number of carboxylic acids is 1. The zero-order valence-electron chi connectivity index (χ0n) is 12.2. The van der Waals surface area contributed by atoms with Gasteiger partial charge < -0.3 is 10.2 Å². The second-order valence-electron chi connectivity index (χ2n) is 5.90. The predicted octanol–water partition coefficient (Wildman–Crippen LogP) is 2.95. The third-order valence-electron chi connectivity index (χ3n) is 2.87. The Bertz CT molecular complexity index is 329. The fraction of sp³-hybridized carbons (Fsp3) is 0.733. The summed E-state index contributed by atoms with van der Waals surface area (Å²) in [5.74, 6) is -0.471. The molecule has 19 heavy (non-hydrogen) atoms. The first-order valence-corrected chi connectivity index (χ1v) is 6.79. The maximum Gasteiger partial charge on any atom is 0.303 e. The highest BCUT2D eigenvalue weighted by molar-refractivity contribution is 5.91. The van der Waals surface area contributed by atoms with Crippen molar-refractivity contribution in [3.63, 3.8) is 0 Å². The van der Waals surface area contributed by atoms with Crippen molar-refractivity contribution in [1.82, 2.24) is 0 Å². The first kappa shape index (κ1) is 17.8. The lowest BCUT2D eigenvalue weighted by molar-refractivity contribution is -0.137. The molecule has 0 bridgehead atoms. The molecule has 0 aliphatic heterocycles. The lowest BCUT2D eigenvalue weighted by atomic mass is 9.77. The van der Waals surface area contributed by atoms with E-state index in [-0.39, 0.29) is 24.2 Å². The molecule has 4 nitrogen and oxygen atoms in total. The molecule has 0 atom stereocenters. The van der Waals surface area contributed by atoms with Crippen LogP contribution in [-0.2, 0) is 9.59 Å². The van der Waals surface area contributed by atoms with Crippen LogP contribution in [0.15, 0.2) is 11.6 Å². The number of unbranched alkanes of at least 4 members (excludes halogenated alkanes) is 2. The molecule has 1 aliphatic carbocycles. The minimum Gasteiger partial charge on any atom is -0.481 e. The number of allylic oxidation sites excluding steroid dienone is 2. The minimum absolute atomic E-state index is 0.166. The van der Waals surface area contributed by atoms with Crippen LogP contribution in [0.1, 0.15) is 59.3 Å². The molecule has 0 saturated carbocycles. The van der Waals surface area contributed by atoms with Gasteiger partial charge in [0.1, 0.15) is 0 Å². The molecule has 0 radical (unpaired) electrons. The Morgan fingerprint density at radius 2 is 1.89 bits per heavy atom. The molecular weight excluding hydrogens is 244 g/mol. The van der Waals surface area contributed by atoms with Crippen LogP contribution in [0, 0.1) is 5.41 Å². The molecule has 1 rings (SSSR count). The van der Waals surface area contributed by atoms with Gasteiger partial charge in [-0.2, -0.15) is 0 Å². The zero-order chi connectivity index (χ0) is 14.9. The SMILES string of the molecule is CC1=CC(=O)CC(C)(C)C1.O=C(O)CCCCCO. The van der Waals surface area contributed by atoms with E-state index in [1.165, 1.54) is 5.57 Å². The lowest BCUT2D eigenvalue weighted by Crippen LogP contribution is -2.20. The summed E-state index contributed by atoms with van der Waals surface area (Å²) >= 11 is 0. The number of aliphatic carboxylic acids is 1. The molecule has 0 amide bonds. The molecule has 0 unspecified atom stereocenters. The predicted molar refractivity (Wildman–Crippen MR) is 75.0 cm³/mol. The van der Waals surface area contributed by atoms with Crippen molar-refractivity contribution in [2.75, 3.05) is 6.61 Å². The van der Waals surface area contributed by atoms with Gasteiger partial charge in [0.05, 0.1) is 0 Å². The number of ketones is 1. The Labute approximate surface area is 115 Å². The van der Waals surface area contributed by atoms with E-state index in [9.17, 15) is 9.59 Å². The summed E-state index contributed by atoms with van der Waals surface area (Å²) in [6.07, 6.45) is 5.97. The number of carbonyl (C=O) groups is 2. The van der Waals surface area contributed by atoms with Gasteiger partial charge >= 0.3 is 5.97 Å². The largest absolute Gasteiger partial charge is 0.481 e. The molecule has 0 saturated heterocycles. The van der Waals surface area contributed by atoms with Gasteiger partial charge in [-0.15, -0.1) is 0 Å². The highest BCUT2D eigenvalue weighted by Crippen LogP contribution is 2.32. The quantitative estimate of drug-likeness (QED) is 0.753. The molecule has 0 spiro atoms. The topological polar surface area (TPSA) is 74.6 Å². The van der Waals surface area contributed by atoms with Crippen LogP contribution < -0.4 is 0 Å². The van der Waals surface area contributed by atoms with Gasteiger partial charge in [-0.25, -0.2) is 0 Å². The van der Waals surface area contributed by atoms with Crippen LogP contribution in [0.3, 0.4) is 0 Å². The van der Waals surface area contributed by atoms with E-state index in [1.807, 2.05) is 6.92 Å². The van der Waals surface area contributed by atoms with Crippen LogP contribution in [-0.4, -0.2) is 28.6 Å². The number of carbonyl (C=O) groups excluding carboxylic acids is 1. The van der Waals surface area contributed by atoms with E-state index in [0.717, 1.165) is 12.8 Å². The summed E-state index contributed by atoms with van der Waals surface area (Å²) in [5, 5.41) is 16.4. The maximum absolute atomic E-state index is 11.0. The molecule has 4 heteroatoms. The second kappa shape index (κ2) is 8.86. The van der Waals surface area contributed by atoms with Gasteiger partial charge in [0.25, 0.3) is 0 Å². The van der Waals surface area contributed by atoms with E-state index in [1.54, 1.807) is 6.08 Å². The van der Waals surface area contributed by atoms with Crippen molar-refractivity contribution in [1.29, 1.82) is 0 Å². The molecule has 1 aliphatic rings. The normalized spacial score (nSPS) is 17.3. The standard InChI is InChI=1S/C9H14O.C6H12O3/c1-7-4-8(10)6-9(2,3)5-7;7-5-3-1-2-4-6(8)9/h4H,5-6H2,1-3H3;7H,1-5H2,(H,8,9). The smallest absolute Gasteiger partial charge is 0.303 e. The van der Waals surface area contributed by atoms with Crippen LogP contribution in [0.25, 0.3) is 0 Å². The second-order valence-corrected chi connectivity index (χ2v) is 5.90. The summed E-state index contributed by atoms with van der Waals surface area (Å²) in [6, 6.07) is 0. The molecule has 0 heterocycles. The number of aliphatic hydroxyl groups is 1. The number of hydrogen-bond donors (Lipinski definition) is 2. The Balaban J connectivity index is 0.000000344. The monoisotopic (exact) mass is 270 g/mol. The molecule has 0 aromatic heterocycles. The van der Waals surface area contributed by atoms with E-state index in [2.05, 4.69) is 13.8 Å². The van der Waals surface area contributed by atoms with Crippen LogP contribution in [0.4, 0.5) is 0 Å². The number of carboxylic acid groups (broad SMARTS) is 1. The average Bonchev–Trinajstić information content (AvgIpc) is 2.21. The maximum atomic E-state index is 11.0. The van der Waals surface area contributed by atoms with Gasteiger partial charge in [0.15, 0.2) is 5.78 Å². The summed E-state index contributed by atoms with van der Waals surface area (Å²) < 4.78 is 0. The van der Waals surface area contributed by atoms with E-state index in [0.29, 0.717) is 19.3 Å². The van der Waals surface area contributed by atoms with Crippen molar-refractivity contribution in [2.45, 2.75) is 59.3 Å². The van der Waals surface area contributed by atoms with Crippen molar-refractivity contribution < 1.29 is 19.8 Å². The van der Waals surface area contributed by atoms with Gasteiger partial charge in [-0.05, 0) is 37.7 Å². The van der Waals surface area contributed by atoms with E-state index < -0.39 is 5.97 Å². The van der Waals surface area contributed by atoms with Crippen LogP contribution in [0.2, 0.25) is 0 Å². The number of rotatable bonds is 5. The Morgan fingerprint density at radius 3 is 2.32 bits per heavy atom. The van der Waals surface area contributed by atoms with Crippen LogP contribution >= 0.6 is 0 Å². The average molecular weight is 270 g/mol. The van der Waals surface area contributed by atoms with Crippen molar-refractivity contribution in [3.8, 4) is 0 Å². The molecule has 110 valence electrons. The first-order chi connectivity index (χ1) is 8.76. The molecule has 2 N–H and O–H groups in total. The molecule has 0 aromatic rings. The third kappa shape index (κ3) is 10.4.